The Morgan fingerprint density at radius 3 is 2.62 bits per heavy atom. The highest BCUT2D eigenvalue weighted by molar-refractivity contribution is 4.98. The normalized spacial score (nSPS) is 49.8. The molecule has 3 heterocycles. The van der Waals surface area contributed by atoms with Gasteiger partial charge in [-0.3, -0.25) is 0 Å². The summed E-state index contributed by atoms with van der Waals surface area (Å²) in [4.78, 5) is 0. The molecule has 0 spiro atoms. The van der Waals surface area contributed by atoms with Gasteiger partial charge in [-0.2, -0.15) is 0 Å². The zero-order chi connectivity index (χ0) is 8.67. The summed E-state index contributed by atoms with van der Waals surface area (Å²) in [7, 11) is 0. The van der Waals surface area contributed by atoms with Crippen LogP contribution in [0.5, 0.6) is 0 Å². The van der Waals surface area contributed by atoms with E-state index in [9.17, 15) is 0 Å². The molecule has 3 saturated heterocycles. The molecule has 3 aliphatic heterocycles. The van der Waals surface area contributed by atoms with Crippen LogP contribution < -0.4 is 10.6 Å². The number of nitrogens with one attached hydrogen (secondary N) is 2. The summed E-state index contributed by atoms with van der Waals surface area (Å²) < 4.78 is 0. The fourth-order valence-electron chi connectivity index (χ4n) is 3.57. The molecular formula is C11H20N2. The highest BCUT2D eigenvalue weighted by atomic mass is 15.0. The summed E-state index contributed by atoms with van der Waals surface area (Å²) in [5.74, 6) is 0.946. The van der Waals surface area contributed by atoms with Crippen LogP contribution in [0.15, 0.2) is 0 Å². The van der Waals surface area contributed by atoms with Crippen LogP contribution in [0.25, 0.3) is 0 Å². The summed E-state index contributed by atoms with van der Waals surface area (Å²) >= 11 is 0. The third-order valence-corrected chi connectivity index (χ3v) is 4.26. The van der Waals surface area contributed by atoms with Crippen LogP contribution in [0.1, 0.15) is 38.5 Å². The molecule has 2 nitrogen and oxygen atoms in total. The van der Waals surface area contributed by atoms with Crippen molar-refractivity contribution in [3.05, 3.63) is 0 Å². The maximum atomic E-state index is 3.78. The number of hydrogen-bond acceptors (Lipinski definition) is 2. The van der Waals surface area contributed by atoms with Crippen molar-refractivity contribution in [2.24, 2.45) is 5.92 Å². The second-order valence-corrected chi connectivity index (χ2v) is 4.99. The van der Waals surface area contributed by atoms with E-state index in [0.717, 1.165) is 24.0 Å². The van der Waals surface area contributed by atoms with Gasteiger partial charge in [0.15, 0.2) is 0 Å². The zero-order valence-electron chi connectivity index (χ0n) is 8.26. The van der Waals surface area contributed by atoms with Gasteiger partial charge in [0.05, 0.1) is 0 Å². The van der Waals surface area contributed by atoms with E-state index in [-0.39, 0.29) is 0 Å². The Hall–Kier alpha value is -0.0800. The first-order chi connectivity index (χ1) is 6.43. The molecular weight excluding hydrogens is 160 g/mol. The number of piperidine rings is 1. The van der Waals surface area contributed by atoms with Crippen LogP contribution in [0.4, 0.5) is 0 Å². The maximum absolute atomic E-state index is 3.78. The van der Waals surface area contributed by atoms with Gasteiger partial charge in [-0.1, -0.05) is 0 Å². The topological polar surface area (TPSA) is 24.1 Å². The Morgan fingerprint density at radius 2 is 1.77 bits per heavy atom. The van der Waals surface area contributed by atoms with E-state index in [0.29, 0.717) is 0 Å². The largest absolute Gasteiger partial charge is 0.314 e. The van der Waals surface area contributed by atoms with Crippen molar-refractivity contribution in [1.29, 1.82) is 0 Å². The van der Waals surface area contributed by atoms with Gasteiger partial charge in [0, 0.05) is 18.1 Å². The average molecular weight is 180 g/mol. The van der Waals surface area contributed by atoms with Crippen LogP contribution in [0.3, 0.4) is 0 Å². The van der Waals surface area contributed by atoms with Gasteiger partial charge in [-0.05, 0) is 51.0 Å². The van der Waals surface area contributed by atoms with E-state index < -0.39 is 0 Å². The number of hydrogen-bond donors (Lipinski definition) is 2. The van der Waals surface area contributed by atoms with E-state index in [4.69, 9.17) is 0 Å². The molecule has 2 heteroatoms. The molecule has 13 heavy (non-hydrogen) atoms. The quantitative estimate of drug-likeness (QED) is 0.635. The van der Waals surface area contributed by atoms with Crippen molar-refractivity contribution in [3.8, 4) is 0 Å². The van der Waals surface area contributed by atoms with Crippen molar-refractivity contribution in [2.75, 3.05) is 6.54 Å². The third-order valence-electron chi connectivity index (χ3n) is 4.26. The molecule has 74 valence electrons. The van der Waals surface area contributed by atoms with E-state index in [2.05, 4.69) is 10.6 Å². The van der Waals surface area contributed by atoms with E-state index >= 15 is 0 Å². The predicted molar refractivity (Wildman–Crippen MR) is 53.7 cm³/mol. The van der Waals surface area contributed by atoms with Gasteiger partial charge in [0.25, 0.3) is 0 Å². The molecule has 3 fully saturated rings. The van der Waals surface area contributed by atoms with E-state index in [1.165, 1.54) is 45.1 Å². The third kappa shape index (κ3) is 1.40. The van der Waals surface area contributed by atoms with Crippen molar-refractivity contribution in [1.82, 2.24) is 10.6 Å². The standard InChI is InChI=1S/C11H20N2/c1-2-10(12-7-1)9-5-3-8-4-6-11(9)13-8/h8-13H,1-7H2. The fourth-order valence-corrected chi connectivity index (χ4v) is 3.57. The molecule has 2 N–H and O–H groups in total. The van der Waals surface area contributed by atoms with Gasteiger partial charge in [-0.15, -0.1) is 0 Å². The minimum absolute atomic E-state index is 0.844. The molecule has 0 saturated carbocycles. The lowest BCUT2D eigenvalue weighted by Gasteiger charge is -2.34. The van der Waals surface area contributed by atoms with Crippen LogP contribution in [-0.2, 0) is 0 Å². The van der Waals surface area contributed by atoms with Gasteiger partial charge in [0.1, 0.15) is 0 Å². The molecule has 0 radical (unpaired) electrons. The highest BCUT2D eigenvalue weighted by Crippen LogP contribution is 2.35. The lowest BCUT2D eigenvalue weighted by atomic mass is 9.85. The molecule has 0 aliphatic carbocycles. The fraction of sp³-hybridized carbons (Fsp3) is 1.00. The van der Waals surface area contributed by atoms with Crippen LogP contribution in [0.2, 0.25) is 0 Å². The van der Waals surface area contributed by atoms with E-state index in [1.54, 1.807) is 0 Å². The summed E-state index contributed by atoms with van der Waals surface area (Å²) in [6.45, 7) is 1.26. The van der Waals surface area contributed by atoms with Gasteiger partial charge >= 0.3 is 0 Å². The molecule has 0 aromatic rings. The Bertz CT molecular complexity index is 185. The van der Waals surface area contributed by atoms with Crippen molar-refractivity contribution >= 4 is 0 Å². The summed E-state index contributed by atoms with van der Waals surface area (Å²) in [6.07, 6.45) is 8.60. The molecule has 3 aliphatic rings. The summed E-state index contributed by atoms with van der Waals surface area (Å²) in [5.41, 5.74) is 0. The van der Waals surface area contributed by atoms with Crippen LogP contribution >= 0.6 is 0 Å². The summed E-state index contributed by atoms with van der Waals surface area (Å²) in [5, 5.41) is 7.45. The monoisotopic (exact) mass is 180 g/mol. The Morgan fingerprint density at radius 1 is 0.846 bits per heavy atom. The minimum atomic E-state index is 0.844. The Balaban J connectivity index is 1.69. The average Bonchev–Trinajstić information content (AvgIpc) is 2.77. The molecule has 3 rings (SSSR count). The lowest BCUT2D eigenvalue weighted by molar-refractivity contribution is 0.237. The van der Waals surface area contributed by atoms with Gasteiger partial charge < -0.3 is 10.6 Å². The van der Waals surface area contributed by atoms with Crippen LogP contribution in [-0.4, -0.2) is 24.7 Å². The molecule has 0 aromatic heterocycles. The smallest absolute Gasteiger partial charge is 0.0113 e. The first-order valence-electron chi connectivity index (χ1n) is 5.93. The van der Waals surface area contributed by atoms with Crippen molar-refractivity contribution in [3.63, 3.8) is 0 Å². The molecule has 4 atom stereocenters. The Kier molecular flexibility index (Phi) is 2.06. The maximum Gasteiger partial charge on any atom is 0.0113 e. The molecule has 0 aromatic carbocycles. The molecule has 2 bridgehead atoms. The lowest BCUT2D eigenvalue weighted by Crippen LogP contribution is -2.47. The first-order valence-corrected chi connectivity index (χ1v) is 5.93. The van der Waals surface area contributed by atoms with Gasteiger partial charge in [-0.25, -0.2) is 0 Å². The molecule has 0 amide bonds. The SMILES string of the molecule is C1CNC(C2CCC3CCC2N3)C1. The number of rotatable bonds is 1. The summed E-state index contributed by atoms with van der Waals surface area (Å²) in [6, 6.07) is 2.58. The van der Waals surface area contributed by atoms with Crippen molar-refractivity contribution < 1.29 is 0 Å². The molecule has 4 unspecified atom stereocenters. The number of fused-ring (bicyclic) bond motifs is 2. The van der Waals surface area contributed by atoms with Crippen LogP contribution in [0, 0.1) is 5.92 Å². The van der Waals surface area contributed by atoms with Crippen molar-refractivity contribution in [2.45, 2.75) is 56.7 Å². The van der Waals surface area contributed by atoms with Gasteiger partial charge in [0.2, 0.25) is 0 Å². The minimum Gasteiger partial charge on any atom is -0.314 e. The second kappa shape index (κ2) is 3.25. The highest BCUT2D eigenvalue weighted by Gasteiger charge is 2.39. The predicted octanol–water partition coefficient (Wildman–Crippen LogP) is 1.27. The Labute approximate surface area is 80.5 Å². The first kappa shape index (κ1) is 8.25. The van der Waals surface area contributed by atoms with E-state index in [1.807, 2.05) is 0 Å². The second-order valence-electron chi connectivity index (χ2n) is 4.99. The zero-order valence-corrected chi connectivity index (χ0v) is 8.26.